The summed E-state index contributed by atoms with van der Waals surface area (Å²) in [7, 11) is 0. The van der Waals surface area contributed by atoms with Crippen LogP contribution in [0.1, 0.15) is 36.0 Å². The van der Waals surface area contributed by atoms with Crippen molar-refractivity contribution in [2.75, 3.05) is 6.54 Å². The molecule has 0 unspecified atom stereocenters. The number of carbonyl (C=O) groups excluding carboxylic acids is 1. The zero-order chi connectivity index (χ0) is 12.8. The Hall–Kier alpha value is -2.00. The van der Waals surface area contributed by atoms with Crippen molar-refractivity contribution in [3.8, 4) is 0 Å². The summed E-state index contributed by atoms with van der Waals surface area (Å²) in [6.07, 6.45) is 5.00. The third-order valence-electron chi connectivity index (χ3n) is 3.32. The van der Waals surface area contributed by atoms with Crippen LogP contribution in [0.4, 0.5) is 5.69 Å². The van der Waals surface area contributed by atoms with Crippen molar-refractivity contribution >= 4 is 11.6 Å². The van der Waals surface area contributed by atoms with Gasteiger partial charge in [-0.05, 0) is 36.4 Å². The molecular formula is C13H16N4O. The summed E-state index contributed by atoms with van der Waals surface area (Å²) in [5, 5.41) is 6.41. The van der Waals surface area contributed by atoms with E-state index in [0.29, 0.717) is 17.2 Å². The lowest BCUT2D eigenvalue weighted by Crippen LogP contribution is -2.28. The largest absolute Gasteiger partial charge is 0.352 e. The molecular weight excluding hydrogens is 228 g/mol. The maximum Gasteiger partial charge on any atom is 0.251 e. The normalized spacial score (nSPS) is 15.1. The molecule has 1 saturated carbocycles. The van der Waals surface area contributed by atoms with Crippen LogP contribution < -0.4 is 5.32 Å². The standard InChI is InChI=1S/C13H16N4O/c14-17-16-12-7-5-11(6-8-12)13(18)15-9-10-3-1-2-4-10/h5-8,10H,1-4,9H2,(H,15,18). The monoisotopic (exact) mass is 244 g/mol. The minimum absolute atomic E-state index is 0.0608. The third kappa shape index (κ3) is 3.25. The first kappa shape index (κ1) is 12.5. The molecule has 0 spiro atoms. The Balaban J connectivity index is 1.89. The molecule has 0 heterocycles. The van der Waals surface area contributed by atoms with Crippen LogP contribution in [0, 0.1) is 5.92 Å². The molecule has 1 aliphatic carbocycles. The summed E-state index contributed by atoms with van der Waals surface area (Å²) in [5.41, 5.74) is 9.40. The van der Waals surface area contributed by atoms with E-state index < -0.39 is 0 Å². The van der Waals surface area contributed by atoms with Crippen molar-refractivity contribution in [3.05, 3.63) is 40.3 Å². The third-order valence-corrected chi connectivity index (χ3v) is 3.32. The highest BCUT2D eigenvalue weighted by atomic mass is 16.1. The van der Waals surface area contributed by atoms with E-state index in [-0.39, 0.29) is 5.91 Å². The molecule has 2 rings (SSSR count). The van der Waals surface area contributed by atoms with E-state index >= 15 is 0 Å². The Morgan fingerprint density at radius 3 is 2.61 bits per heavy atom. The van der Waals surface area contributed by atoms with E-state index in [2.05, 4.69) is 15.3 Å². The highest BCUT2D eigenvalue weighted by Gasteiger charge is 2.15. The number of rotatable bonds is 4. The summed E-state index contributed by atoms with van der Waals surface area (Å²) >= 11 is 0. The zero-order valence-corrected chi connectivity index (χ0v) is 10.2. The molecule has 0 atom stereocenters. The van der Waals surface area contributed by atoms with Crippen molar-refractivity contribution < 1.29 is 4.79 Å². The number of hydrogen-bond acceptors (Lipinski definition) is 2. The lowest BCUT2D eigenvalue weighted by Gasteiger charge is -2.10. The van der Waals surface area contributed by atoms with Crippen molar-refractivity contribution in [1.82, 2.24) is 5.32 Å². The molecule has 1 aromatic rings. The Kier molecular flexibility index (Phi) is 4.20. The van der Waals surface area contributed by atoms with Crippen LogP contribution in [0.5, 0.6) is 0 Å². The fraction of sp³-hybridized carbons (Fsp3) is 0.462. The first-order chi connectivity index (χ1) is 8.79. The maximum absolute atomic E-state index is 11.9. The molecule has 0 bridgehead atoms. The predicted octanol–water partition coefficient (Wildman–Crippen LogP) is 3.55. The first-order valence-electron chi connectivity index (χ1n) is 6.23. The van der Waals surface area contributed by atoms with Gasteiger partial charge in [-0.15, -0.1) is 0 Å². The predicted molar refractivity (Wildman–Crippen MR) is 69.5 cm³/mol. The highest BCUT2D eigenvalue weighted by Crippen LogP contribution is 2.23. The molecule has 1 amide bonds. The second-order valence-corrected chi connectivity index (χ2v) is 4.60. The van der Waals surface area contributed by atoms with E-state index in [4.69, 9.17) is 5.53 Å². The summed E-state index contributed by atoms with van der Waals surface area (Å²) in [5.74, 6) is 0.575. The van der Waals surface area contributed by atoms with Gasteiger partial charge in [0.05, 0.1) is 0 Å². The van der Waals surface area contributed by atoms with Crippen LogP contribution >= 0.6 is 0 Å². The van der Waals surface area contributed by atoms with Gasteiger partial charge in [-0.2, -0.15) is 0 Å². The van der Waals surface area contributed by atoms with E-state index in [1.807, 2.05) is 0 Å². The molecule has 1 fully saturated rings. The van der Waals surface area contributed by atoms with E-state index in [1.54, 1.807) is 24.3 Å². The Bertz CT molecular complexity index is 456. The number of nitrogens with zero attached hydrogens (tertiary/aromatic N) is 3. The summed E-state index contributed by atoms with van der Waals surface area (Å²) in [4.78, 5) is 14.5. The SMILES string of the molecule is [N-]=[N+]=Nc1ccc(C(=O)NCC2CCCC2)cc1. The van der Waals surface area contributed by atoms with Crippen LogP contribution in [0.3, 0.4) is 0 Å². The van der Waals surface area contributed by atoms with Gasteiger partial charge in [0.2, 0.25) is 0 Å². The number of amides is 1. The average Bonchev–Trinajstić information content (AvgIpc) is 2.90. The van der Waals surface area contributed by atoms with Crippen molar-refractivity contribution in [1.29, 1.82) is 0 Å². The number of benzene rings is 1. The first-order valence-corrected chi connectivity index (χ1v) is 6.23. The zero-order valence-electron chi connectivity index (χ0n) is 10.2. The second-order valence-electron chi connectivity index (χ2n) is 4.60. The van der Waals surface area contributed by atoms with Gasteiger partial charge in [0.25, 0.3) is 5.91 Å². The summed E-state index contributed by atoms with van der Waals surface area (Å²) in [6, 6.07) is 6.64. The summed E-state index contributed by atoms with van der Waals surface area (Å²) < 4.78 is 0. The molecule has 94 valence electrons. The number of hydrogen-bond donors (Lipinski definition) is 1. The Morgan fingerprint density at radius 2 is 2.00 bits per heavy atom. The fourth-order valence-corrected chi connectivity index (χ4v) is 2.28. The van der Waals surface area contributed by atoms with Crippen LogP contribution in [-0.2, 0) is 0 Å². The Morgan fingerprint density at radius 1 is 1.33 bits per heavy atom. The number of carbonyl (C=O) groups is 1. The number of azide groups is 1. The minimum atomic E-state index is -0.0608. The fourth-order valence-electron chi connectivity index (χ4n) is 2.28. The lowest BCUT2D eigenvalue weighted by molar-refractivity contribution is 0.0947. The highest BCUT2D eigenvalue weighted by molar-refractivity contribution is 5.94. The van der Waals surface area contributed by atoms with Gasteiger partial charge < -0.3 is 5.32 Å². The van der Waals surface area contributed by atoms with Gasteiger partial charge in [-0.25, -0.2) is 0 Å². The van der Waals surface area contributed by atoms with Crippen LogP contribution in [-0.4, -0.2) is 12.5 Å². The van der Waals surface area contributed by atoms with E-state index in [9.17, 15) is 4.79 Å². The van der Waals surface area contributed by atoms with Crippen molar-refractivity contribution in [2.45, 2.75) is 25.7 Å². The van der Waals surface area contributed by atoms with Gasteiger partial charge in [0.15, 0.2) is 0 Å². The quantitative estimate of drug-likeness (QED) is 0.490. The second kappa shape index (κ2) is 6.07. The summed E-state index contributed by atoms with van der Waals surface area (Å²) in [6.45, 7) is 0.761. The lowest BCUT2D eigenvalue weighted by atomic mass is 10.1. The maximum atomic E-state index is 11.9. The smallest absolute Gasteiger partial charge is 0.251 e. The molecule has 1 N–H and O–H groups in total. The van der Waals surface area contributed by atoms with Gasteiger partial charge in [-0.3, -0.25) is 4.79 Å². The van der Waals surface area contributed by atoms with Gasteiger partial charge >= 0.3 is 0 Å². The molecule has 5 nitrogen and oxygen atoms in total. The Labute approximate surface area is 106 Å². The molecule has 0 saturated heterocycles. The van der Waals surface area contributed by atoms with E-state index in [0.717, 1.165) is 6.54 Å². The average molecular weight is 244 g/mol. The number of nitrogens with one attached hydrogen (secondary N) is 1. The molecule has 1 aromatic carbocycles. The minimum Gasteiger partial charge on any atom is -0.352 e. The van der Waals surface area contributed by atoms with Crippen LogP contribution in [0.15, 0.2) is 29.4 Å². The molecule has 0 aliphatic heterocycles. The molecule has 5 heteroatoms. The molecule has 0 radical (unpaired) electrons. The van der Waals surface area contributed by atoms with Crippen LogP contribution in [0.2, 0.25) is 0 Å². The van der Waals surface area contributed by atoms with Gasteiger partial charge in [-0.1, -0.05) is 30.1 Å². The van der Waals surface area contributed by atoms with Gasteiger partial charge in [0.1, 0.15) is 0 Å². The van der Waals surface area contributed by atoms with Gasteiger partial charge in [0, 0.05) is 22.7 Å². The van der Waals surface area contributed by atoms with Crippen molar-refractivity contribution in [3.63, 3.8) is 0 Å². The molecule has 1 aliphatic rings. The topological polar surface area (TPSA) is 77.9 Å². The molecule has 0 aromatic heterocycles. The van der Waals surface area contributed by atoms with Crippen molar-refractivity contribution in [2.24, 2.45) is 11.0 Å². The molecule has 18 heavy (non-hydrogen) atoms. The van der Waals surface area contributed by atoms with E-state index in [1.165, 1.54) is 25.7 Å². The van der Waals surface area contributed by atoms with Crippen LogP contribution in [0.25, 0.3) is 10.4 Å².